The van der Waals surface area contributed by atoms with Crippen LogP contribution >= 0.6 is 0 Å². The van der Waals surface area contributed by atoms with Crippen molar-refractivity contribution in [1.82, 2.24) is 0 Å². The van der Waals surface area contributed by atoms with Crippen LogP contribution in [-0.2, 0) is 19.6 Å². The van der Waals surface area contributed by atoms with Crippen LogP contribution in [0.5, 0.6) is 5.75 Å². The number of primary sulfonamides is 1. The van der Waals surface area contributed by atoms with E-state index in [-0.39, 0.29) is 10.5 Å². The third-order valence-electron chi connectivity index (χ3n) is 3.41. The molecule has 0 spiro atoms. The monoisotopic (exact) mass is 378 g/mol. The largest absolute Gasteiger partial charge is 0.497 e. The standard InChI is InChI=1S/C17H18N2O6S/c1-11(25-17(21)12-4-3-5-14(10-12)24-2)16(20)19-13-6-8-15(9-7-13)26(18,22)23/h3-11H,1-2H3,(H,19,20)(H2,18,22,23). The van der Waals surface area contributed by atoms with Crippen LogP contribution in [0.15, 0.2) is 53.4 Å². The number of carbonyl (C=O) groups excluding carboxylic acids is 2. The van der Waals surface area contributed by atoms with Gasteiger partial charge in [-0.3, -0.25) is 4.79 Å². The van der Waals surface area contributed by atoms with Crippen molar-refractivity contribution in [2.45, 2.75) is 17.9 Å². The van der Waals surface area contributed by atoms with Gasteiger partial charge in [0, 0.05) is 5.69 Å². The molecule has 0 heterocycles. The molecule has 0 aliphatic rings. The predicted molar refractivity (Wildman–Crippen MR) is 94.3 cm³/mol. The lowest BCUT2D eigenvalue weighted by atomic mass is 10.2. The first-order valence-corrected chi connectivity index (χ1v) is 9.04. The second kappa shape index (κ2) is 7.98. The molecule has 8 nitrogen and oxygen atoms in total. The zero-order valence-corrected chi connectivity index (χ0v) is 14.9. The molecule has 0 fully saturated rings. The van der Waals surface area contributed by atoms with Crippen molar-refractivity contribution in [2.24, 2.45) is 5.14 Å². The highest BCUT2D eigenvalue weighted by atomic mass is 32.2. The molecule has 0 saturated heterocycles. The van der Waals surface area contributed by atoms with E-state index in [2.05, 4.69) is 5.32 Å². The van der Waals surface area contributed by atoms with Crippen molar-refractivity contribution in [3.8, 4) is 5.75 Å². The van der Waals surface area contributed by atoms with Gasteiger partial charge in [-0.15, -0.1) is 0 Å². The molecule has 26 heavy (non-hydrogen) atoms. The van der Waals surface area contributed by atoms with Gasteiger partial charge in [0.2, 0.25) is 10.0 Å². The van der Waals surface area contributed by atoms with Crippen LogP contribution in [0, 0.1) is 0 Å². The minimum atomic E-state index is -3.81. The molecule has 2 aromatic rings. The Bertz CT molecular complexity index is 909. The van der Waals surface area contributed by atoms with Crippen LogP contribution in [0.25, 0.3) is 0 Å². The van der Waals surface area contributed by atoms with Gasteiger partial charge < -0.3 is 14.8 Å². The summed E-state index contributed by atoms with van der Waals surface area (Å²) < 4.78 is 32.6. The van der Waals surface area contributed by atoms with E-state index in [9.17, 15) is 18.0 Å². The van der Waals surface area contributed by atoms with Crippen LogP contribution in [-0.4, -0.2) is 33.5 Å². The first-order valence-electron chi connectivity index (χ1n) is 7.49. The number of esters is 1. The Morgan fingerprint density at radius 3 is 2.35 bits per heavy atom. The van der Waals surface area contributed by atoms with Crippen molar-refractivity contribution in [2.75, 3.05) is 12.4 Å². The van der Waals surface area contributed by atoms with E-state index in [0.717, 1.165) is 0 Å². The van der Waals surface area contributed by atoms with E-state index in [4.69, 9.17) is 14.6 Å². The van der Waals surface area contributed by atoms with Crippen molar-refractivity contribution in [3.05, 3.63) is 54.1 Å². The van der Waals surface area contributed by atoms with Crippen LogP contribution < -0.4 is 15.2 Å². The van der Waals surface area contributed by atoms with Crippen molar-refractivity contribution in [3.63, 3.8) is 0 Å². The van der Waals surface area contributed by atoms with Gasteiger partial charge in [-0.1, -0.05) is 6.07 Å². The van der Waals surface area contributed by atoms with E-state index in [0.29, 0.717) is 11.4 Å². The number of nitrogens with two attached hydrogens (primary N) is 1. The molecule has 138 valence electrons. The number of anilines is 1. The normalized spacial score (nSPS) is 12.1. The second-order valence-corrected chi connectivity index (χ2v) is 6.90. The maximum atomic E-state index is 12.1. The van der Waals surface area contributed by atoms with Gasteiger partial charge in [0.1, 0.15) is 5.75 Å². The van der Waals surface area contributed by atoms with Crippen molar-refractivity contribution >= 4 is 27.6 Å². The average Bonchev–Trinajstić information content (AvgIpc) is 2.61. The van der Waals surface area contributed by atoms with Crippen LogP contribution in [0.4, 0.5) is 5.69 Å². The molecule has 1 unspecified atom stereocenters. The van der Waals surface area contributed by atoms with Crippen molar-refractivity contribution < 1.29 is 27.5 Å². The summed E-state index contributed by atoms with van der Waals surface area (Å²) in [6, 6.07) is 11.6. The fourth-order valence-corrected chi connectivity index (χ4v) is 2.52. The van der Waals surface area contributed by atoms with E-state index in [1.165, 1.54) is 44.4 Å². The molecule has 0 aromatic heterocycles. The van der Waals surface area contributed by atoms with Gasteiger partial charge in [0.05, 0.1) is 17.6 Å². The Kier molecular flexibility index (Phi) is 5.96. The lowest BCUT2D eigenvalue weighted by molar-refractivity contribution is -0.123. The number of amides is 1. The van der Waals surface area contributed by atoms with Gasteiger partial charge in [-0.25, -0.2) is 18.4 Å². The summed E-state index contributed by atoms with van der Waals surface area (Å²) in [6.45, 7) is 1.42. The summed E-state index contributed by atoms with van der Waals surface area (Å²) in [4.78, 5) is 24.1. The van der Waals surface area contributed by atoms with E-state index in [1.54, 1.807) is 18.2 Å². The Labute approximate surface area is 151 Å². The Balaban J connectivity index is 1.99. The Hall–Kier alpha value is -2.91. The minimum absolute atomic E-state index is 0.0759. The average molecular weight is 378 g/mol. The maximum Gasteiger partial charge on any atom is 0.339 e. The van der Waals surface area contributed by atoms with Gasteiger partial charge >= 0.3 is 5.97 Å². The quantitative estimate of drug-likeness (QED) is 0.735. The molecule has 3 N–H and O–H groups in total. The topological polar surface area (TPSA) is 125 Å². The molecular weight excluding hydrogens is 360 g/mol. The van der Waals surface area contributed by atoms with Gasteiger partial charge in [-0.2, -0.15) is 0 Å². The lowest BCUT2D eigenvalue weighted by Gasteiger charge is -2.14. The minimum Gasteiger partial charge on any atom is -0.497 e. The first-order chi connectivity index (χ1) is 12.2. The number of methoxy groups -OCH3 is 1. The maximum absolute atomic E-state index is 12.1. The number of rotatable bonds is 6. The number of ether oxygens (including phenoxy) is 2. The SMILES string of the molecule is COc1cccc(C(=O)OC(C)C(=O)Nc2ccc(S(N)(=O)=O)cc2)c1. The van der Waals surface area contributed by atoms with E-state index >= 15 is 0 Å². The summed E-state index contributed by atoms with van der Waals surface area (Å²) in [6.07, 6.45) is -1.06. The summed E-state index contributed by atoms with van der Waals surface area (Å²) in [5.41, 5.74) is 0.591. The highest BCUT2D eigenvalue weighted by molar-refractivity contribution is 7.89. The smallest absolute Gasteiger partial charge is 0.339 e. The third-order valence-corrected chi connectivity index (χ3v) is 4.34. The zero-order chi connectivity index (χ0) is 19.3. The van der Waals surface area contributed by atoms with Crippen molar-refractivity contribution in [1.29, 1.82) is 0 Å². The number of benzene rings is 2. The second-order valence-electron chi connectivity index (χ2n) is 5.34. The summed E-state index contributed by atoms with van der Waals surface area (Å²) in [7, 11) is -2.34. The highest BCUT2D eigenvalue weighted by Crippen LogP contribution is 2.16. The fourth-order valence-electron chi connectivity index (χ4n) is 2.00. The number of hydrogen-bond donors (Lipinski definition) is 2. The van der Waals surface area contributed by atoms with Crippen LogP contribution in [0.1, 0.15) is 17.3 Å². The predicted octanol–water partition coefficient (Wildman–Crippen LogP) is 1.53. The summed E-state index contributed by atoms with van der Waals surface area (Å²) in [5.74, 6) is -0.743. The molecular formula is C17H18N2O6S. The molecule has 2 aromatic carbocycles. The molecule has 1 amide bonds. The molecule has 0 radical (unpaired) electrons. The summed E-state index contributed by atoms with van der Waals surface area (Å²) >= 11 is 0. The Morgan fingerprint density at radius 1 is 1.12 bits per heavy atom. The number of sulfonamides is 1. The molecule has 0 aliphatic carbocycles. The van der Waals surface area contributed by atoms with Gasteiger partial charge in [-0.05, 0) is 49.4 Å². The molecule has 0 saturated carbocycles. The fraction of sp³-hybridized carbons (Fsp3) is 0.176. The van der Waals surface area contributed by atoms with E-state index < -0.39 is 28.0 Å². The number of carbonyl (C=O) groups is 2. The molecule has 1 atom stereocenters. The van der Waals surface area contributed by atoms with Crippen LogP contribution in [0.3, 0.4) is 0 Å². The highest BCUT2D eigenvalue weighted by Gasteiger charge is 2.19. The molecule has 9 heteroatoms. The molecule has 2 rings (SSSR count). The van der Waals surface area contributed by atoms with Crippen LogP contribution in [0.2, 0.25) is 0 Å². The first kappa shape index (κ1) is 19.4. The van der Waals surface area contributed by atoms with Gasteiger partial charge in [0.15, 0.2) is 6.10 Å². The Morgan fingerprint density at radius 2 is 1.77 bits per heavy atom. The molecule has 0 aliphatic heterocycles. The lowest BCUT2D eigenvalue weighted by Crippen LogP contribution is -2.30. The number of hydrogen-bond acceptors (Lipinski definition) is 6. The van der Waals surface area contributed by atoms with E-state index in [1.807, 2.05) is 0 Å². The number of nitrogens with one attached hydrogen (secondary N) is 1. The third kappa shape index (κ3) is 5.04. The molecule has 0 bridgehead atoms. The van der Waals surface area contributed by atoms with Gasteiger partial charge in [0.25, 0.3) is 5.91 Å². The summed E-state index contributed by atoms with van der Waals surface area (Å²) in [5, 5.41) is 7.53. The zero-order valence-electron chi connectivity index (χ0n) is 14.1.